The smallest absolute Gasteiger partial charge is 0.336 e. The number of nitrogens with one attached hydrogen (secondary N) is 1. The summed E-state index contributed by atoms with van der Waals surface area (Å²) in [7, 11) is 0. The van der Waals surface area contributed by atoms with E-state index in [4.69, 9.17) is 4.42 Å². The van der Waals surface area contributed by atoms with Crippen molar-refractivity contribution in [2.45, 2.75) is 31.2 Å². The van der Waals surface area contributed by atoms with E-state index in [1.807, 2.05) is 32.0 Å². The van der Waals surface area contributed by atoms with Crippen molar-refractivity contribution >= 4 is 22.7 Å². The number of thioether (sulfide) groups is 1. The first-order valence-electron chi connectivity index (χ1n) is 6.73. The maximum Gasteiger partial charge on any atom is 0.336 e. The lowest BCUT2D eigenvalue weighted by atomic mass is 10.1. The van der Waals surface area contributed by atoms with Crippen molar-refractivity contribution in [3.8, 4) is 0 Å². The van der Waals surface area contributed by atoms with Crippen LogP contribution in [0.15, 0.2) is 38.6 Å². The molecule has 1 N–H and O–H groups in total. The summed E-state index contributed by atoms with van der Waals surface area (Å²) in [5, 5.41) is 8.68. The van der Waals surface area contributed by atoms with Crippen LogP contribution < -0.4 is 5.63 Å². The number of aromatic nitrogens is 3. The minimum absolute atomic E-state index is 0.326. The van der Waals surface area contributed by atoms with E-state index in [1.54, 1.807) is 0 Å². The van der Waals surface area contributed by atoms with E-state index in [-0.39, 0.29) is 5.63 Å². The molecule has 0 atom stereocenters. The highest BCUT2D eigenvalue weighted by molar-refractivity contribution is 7.98. The quantitative estimate of drug-likeness (QED) is 0.592. The molecule has 0 saturated heterocycles. The molecule has 5 nitrogen and oxygen atoms in total. The summed E-state index contributed by atoms with van der Waals surface area (Å²) in [5.74, 6) is 1.50. The molecule has 0 bridgehead atoms. The number of hydrogen-bond acceptors (Lipinski definition) is 5. The Morgan fingerprint density at radius 3 is 2.95 bits per heavy atom. The predicted octanol–water partition coefficient (Wildman–Crippen LogP) is 3.07. The van der Waals surface area contributed by atoms with Crippen molar-refractivity contribution < 1.29 is 4.42 Å². The van der Waals surface area contributed by atoms with Gasteiger partial charge in [0.05, 0.1) is 0 Å². The van der Waals surface area contributed by atoms with Crippen LogP contribution in [0.4, 0.5) is 0 Å². The number of nitrogens with zero attached hydrogens (tertiary/aromatic N) is 2. The van der Waals surface area contributed by atoms with E-state index in [0.717, 1.165) is 28.8 Å². The summed E-state index contributed by atoms with van der Waals surface area (Å²) in [4.78, 5) is 16.0. The number of aromatic amines is 1. The standard InChI is InChI=1S/C15H15N3O2S/c1-3-13-16-15(18-17-13)21-8-10-7-14(19)20-12-6-9(2)4-5-11(10)12/h4-7H,3,8H2,1-2H3,(H,16,17,18). The van der Waals surface area contributed by atoms with Gasteiger partial charge in [0.2, 0.25) is 5.16 Å². The van der Waals surface area contributed by atoms with E-state index in [0.29, 0.717) is 16.5 Å². The second-order valence-electron chi connectivity index (χ2n) is 4.80. The number of rotatable bonds is 4. The molecule has 6 heteroatoms. The Morgan fingerprint density at radius 2 is 2.19 bits per heavy atom. The normalized spacial score (nSPS) is 11.1. The number of hydrogen-bond donors (Lipinski definition) is 1. The third kappa shape index (κ3) is 3.00. The Balaban J connectivity index is 1.91. The van der Waals surface area contributed by atoms with Crippen LogP contribution in [-0.4, -0.2) is 15.2 Å². The average Bonchev–Trinajstić information content (AvgIpc) is 2.92. The fourth-order valence-electron chi connectivity index (χ4n) is 2.10. The Hall–Kier alpha value is -2.08. The van der Waals surface area contributed by atoms with Crippen molar-refractivity contribution in [3.05, 3.63) is 51.6 Å². The van der Waals surface area contributed by atoms with E-state index >= 15 is 0 Å². The molecule has 0 saturated carbocycles. The van der Waals surface area contributed by atoms with Gasteiger partial charge in [-0.3, -0.25) is 5.10 Å². The highest BCUT2D eigenvalue weighted by atomic mass is 32.2. The first-order chi connectivity index (χ1) is 10.2. The van der Waals surface area contributed by atoms with Crippen molar-refractivity contribution in [2.24, 2.45) is 0 Å². The van der Waals surface area contributed by atoms with Crippen molar-refractivity contribution in [1.82, 2.24) is 15.2 Å². The predicted molar refractivity (Wildman–Crippen MR) is 82.5 cm³/mol. The zero-order valence-corrected chi connectivity index (χ0v) is 12.7. The Morgan fingerprint density at radius 1 is 1.33 bits per heavy atom. The van der Waals surface area contributed by atoms with E-state index < -0.39 is 0 Å². The number of fused-ring (bicyclic) bond motifs is 1. The summed E-state index contributed by atoms with van der Waals surface area (Å²) < 4.78 is 5.25. The molecule has 0 unspecified atom stereocenters. The fraction of sp³-hybridized carbons (Fsp3) is 0.267. The van der Waals surface area contributed by atoms with Crippen molar-refractivity contribution in [1.29, 1.82) is 0 Å². The van der Waals surface area contributed by atoms with Gasteiger partial charge in [0, 0.05) is 23.6 Å². The number of H-pyrrole nitrogens is 1. The zero-order valence-electron chi connectivity index (χ0n) is 11.8. The minimum Gasteiger partial charge on any atom is -0.423 e. The molecule has 21 heavy (non-hydrogen) atoms. The SMILES string of the molecule is CCc1nc(SCc2cc(=O)oc3cc(C)ccc23)n[nH]1. The van der Waals surface area contributed by atoms with Crippen molar-refractivity contribution in [2.75, 3.05) is 0 Å². The molecule has 0 aliphatic carbocycles. The average molecular weight is 301 g/mol. The van der Waals surface area contributed by atoms with Gasteiger partial charge in [0.1, 0.15) is 11.4 Å². The lowest BCUT2D eigenvalue weighted by Crippen LogP contribution is -2.00. The fourth-order valence-corrected chi connectivity index (χ4v) is 2.91. The van der Waals surface area contributed by atoms with Crippen LogP contribution in [0.3, 0.4) is 0 Å². The third-order valence-electron chi connectivity index (χ3n) is 3.19. The van der Waals surface area contributed by atoms with Gasteiger partial charge in [0.25, 0.3) is 0 Å². The van der Waals surface area contributed by atoms with E-state index in [9.17, 15) is 4.79 Å². The van der Waals surface area contributed by atoms with E-state index in [1.165, 1.54) is 17.8 Å². The molecule has 3 aromatic rings. The van der Waals surface area contributed by atoms with Crippen LogP contribution in [0.25, 0.3) is 11.0 Å². The molecule has 3 rings (SSSR count). The van der Waals surface area contributed by atoms with E-state index in [2.05, 4.69) is 15.2 Å². The molecule has 0 aliphatic rings. The highest BCUT2D eigenvalue weighted by Crippen LogP contribution is 2.25. The minimum atomic E-state index is -0.326. The van der Waals surface area contributed by atoms with Gasteiger partial charge in [0.15, 0.2) is 0 Å². The summed E-state index contributed by atoms with van der Waals surface area (Å²) in [6, 6.07) is 7.42. The van der Waals surface area contributed by atoms with Crippen LogP contribution in [0.5, 0.6) is 0 Å². The molecule has 1 aromatic carbocycles. The topological polar surface area (TPSA) is 71.8 Å². The zero-order chi connectivity index (χ0) is 14.8. The van der Waals surface area contributed by atoms with Gasteiger partial charge >= 0.3 is 5.63 Å². The molecule has 108 valence electrons. The first kappa shape index (κ1) is 13.9. The maximum absolute atomic E-state index is 11.7. The maximum atomic E-state index is 11.7. The van der Waals surface area contributed by atoms with Crippen LogP contribution >= 0.6 is 11.8 Å². The van der Waals surface area contributed by atoms with Crippen molar-refractivity contribution in [3.63, 3.8) is 0 Å². The number of aryl methyl sites for hydroxylation is 2. The highest BCUT2D eigenvalue weighted by Gasteiger charge is 2.08. The number of benzene rings is 1. The van der Waals surface area contributed by atoms with Gasteiger partial charge in [-0.1, -0.05) is 30.8 Å². The third-order valence-corrected chi connectivity index (χ3v) is 4.08. The molecule has 2 aromatic heterocycles. The van der Waals surface area contributed by atoms with Gasteiger partial charge in [-0.05, 0) is 24.1 Å². The Bertz CT molecular complexity index is 838. The lowest BCUT2D eigenvalue weighted by Gasteiger charge is -2.04. The molecular formula is C15H15N3O2S. The van der Waals surface area contributed by atoms with Gasteiger partial charge in [-0.25, -0.2) is 9.78 Å². The molecule has 0 aliphatic heterocycles. The first-order valence-corrected chi connectivity index (χ1v) is 7.71. The molecule has 0 fully saturated rings. The van der Waals surface area contributed by atoms with Crippen LogP contribution in [0.1, 0.15) is 23.9 Å². The summed E-state index contributed by atoms with van der Waals surface area (Å²) in [6.07, 6.45) is 0.824. The Kier molecular flexibility index (Phi) is 3.79. The summed E-state index contributed by atoms with van der Waals surface area (Å²) >= 11 is 1.50. The summed E-state index contributed by atoms with van der Waals surface area (Å²) in [6.45, 7) is 3.99. The largest absolute Gasteiger partial charge is 0.423 e. The summed E-state index contributed by atoms with van der Waals surface area (Å²) in [5.41, 5.74) is 2.31. The Labute approximate surface area is 125 Å². The lowest BCUT2D eigenvalue weighted by molar-refractivity contribution is 0.559. The van der Waals surface area contributed by atoms with Crippen LogP contribution in [0.2, 0.25) is 0 Å². The molecule has 0 spiro atoms. The molecule has 0 radical (unpaired) electrons. The molecule has 0 amide bonds. The monoisotopic (exact) mass is 301 g/mol. The van der Waals surface area contributed by atoms with Gasteiger partial charge in [-0.2, -0.15) is 0 Å². The van der Waals surface area contributed by atoms with Crippen LogP contribution in [0, 0.1) is 6.92 Å². The van der Waals surface area contributed by atoms with Crippen LogP contribution in [-0.2, 0) is 12.2 Å². The second kappa shape index (κ2) is 5.73. The molecule has 2 heterocycles. The van der Waals surface area contributed by atoms with Gasteiger partial charge < -0.3 is 4.42 Å². The molecular weight excluding hydrogens is 286 g/mol. The van der Waals surface area contributed by atoms with Gasteiger partial charge in [-0.15, -0.1) is 5.10 Å². The second-order valence-corrected chi connectivity index (χ2v) is 5.74.